The Kier molecular flexibility index (Phi) is 11.0. The van der Waals surface area contributed by atoms with E-state index in [2.05, 4.69) is 0 Å². The summed E-state index contributed by atoms with van der Waals surface area (Å²) >= 11 is 0. The van der Waals surface area contributed by atoms with E-state index in [4.69, 9.17) is 14.2 Å². The quantitative estimate of drug-likeness (QED) is 0.179. The number of aromatic hydroxyl groups is 1. The summed E-state index contributed by atoms with van der Waals surface area (Å²) in [5.74, 6) is 1.38. The molecule has 6 aromatic rings. The van der Waals surface area contributed by atoms with Gasteiger partial charge in [-0.05, 0) is 64.6 Å². The van der Waals surface area contributed by atoms with E-state index in [0.717, 1.165) is 10.9 Å². The van der Waals surface area contributed by atoms with Gasteiger partial charge in [-0.1, -0.05) is 36.4 Å². The Hall–Kier alpha value is -5.02. The fraction of sp³-hybridized carbons (Fsp3) is 0.243. The van der Waals surface area contributed by atoms with E-state index in [1.165, 1.54) is 21.3 Å². The van der Waals surface area contributed by atoms with Crippen molar-refractivity contribution in [2.45, 2.75) is 22.9 Å². The summed E-state index contributed by atoms with van der Waals surface area (Å²) in [6, 6.07) is 23.4. The third-order valence-electron chi connectivity index (χ3n) is 8.18. The molecule has 2 heterocycles. The molecule has 1 N–H and O–H groups in total. The number of nitrogens with zero attached hydrogens (tertiary/aromatic N) is 4. The second-order valence-corrected chi connectivity index (χ2v) is 15.8. The molecular weight excluding hydrogens is 693 g/mol. The zero-order chi connectivity index (χ0) is 37.1. The number of methoxy groups -OCH3 is 3. The molecule has 51 heavy (non-hydrogen) atoms. The lowest BCUT2D eigenvalue weighted by molar-refractivity contribution is 0.340. The number of phenolic OH excluding ortho intramolecular Hbond substituents is 1. The molecule has 6 rings (SSSR count). The lowest BCUT2D eigenvalue weighted by atomic mass is 10.1. The highest BCUT2D eigenvalue weighted by atomic mass is 32.2. The summed E-state index contributed by atoms with van der Waals surface area (Å²) in [5.41, 5.74) is 2.54. The number of benzene rings is 4. The van der Waals surface area contributed by atoms with Crippen LogP contribution in [0.1, 0.15) is 11.1 Å². The number of hydrogen-bond acceptors (Lipinski definition) is 10. The first-order valence-corrected chi connectivity index (χ1v) is 18.7. The van der Waals surface area contributed by atoms with Crippen molar-refractivity contribution >= 4 is 41.9 Å². The minimum absolute atomic E-state index is 0.0264. The number of aromatic nitrogens is 2. The monoisotopic (exact) mass is 734 g/mol. The zero-order valence-electron chi connectivity index (χ0n) is 29.6. The molecular formula is C37H42N4O8S2. The topological polar surface area (TPSA) is 133 Å². The maximum atomic E-state index is 13.1. The summed E-state index contributed by atoms with van der Waals surface area (Å²) in [4.78, 5) is 4.34. The Labute approximate surface area is 298 Å². The minimum Gasteiger partial charge on any atom is -0.504 e. The van der Waals surface area contributed by atoms with Gasteiger partial charge in [-0.25, -0.2) is 24.8 Å². The predicted octanol–water partition coefficient (Wildman–Crippen LogP) is 5.61. The van der Waals surface area contributed by atoms with Crippen molar-refractivity contribution in [2.75, 3.05) is 49.5 Å². The van der Waals surface area contributed by atoms with Gasteiger partial charge in [0, 0.05) is 59.5 Å². The molecule has 0 fully saturated rings. The van der Waals surface area contributed by atoms with Crippen molar-refractivity contribution < 1.29 is 36.2 Å². The second-order valence-electron chi connectivity index (χ2n) is 12.2. The first-order chi connectivity index (χ1) is 24.3. The van der Waals surface area contributed by atoms with Crippen LogP contribution in [0.2, 0.25) is 0 Å². The lowest BCUT2D eigenvalue weighted by Crippen LogP contribution is -2.14. The van der Waals surface area contributed by atoms with Gasteiger partial charge in [-0.15, -0.1) is 0 Å². The number of phenols is 1. The molecule has 0 unspecified atom stereocenters. The number of rotatable bonds is 11. The normalized spacial score (nSPS) is 11.9. The van der Waals surface area contributed by atoms with Crippen LogP contribution < -0.4 is 14.2 Å². The summed E-state index contributed by atoms with van der Waals surface area (Å²) < 4.78 is 70.9. The van der Waals surface area contributed by atoms with Gasteiger partial charge >= 0.3 is 0 Å². The van der Waals surface area contributed by atoms with Crippen LogP contribution in [0.15, 0.2) is 107 Å². The van der Waals surface area contributed by atoms with Crippen LogP contribution in [-0.2, 0) is 33.1 Å². The first-order valence-electron chi connectivity index (χ1n) is 15.8. The van der Waals surface area contributed by atoms with Crippen molar-refractivity contribution in [2.24, 2.45) is 0 Å². The fourth-order valence-electron chi connectivity index (χ4n) is 5.89. The molecule has 0 radical (unpaired) electrons. The van der Waals surface area contributed by atoms with E-state index in [1.807, 2.05) is 38.0 Å². The summed E-state index contributed by atoms with van der Waals surface area (Å²) in [6.07, 6.45) is 3.08. The molecule has 0 saturated heterocycles. The molecule has 14 heteroatoms. The van der Waals surface area contributed by atoms with Crippen LogP contribution in [0, 0.1) is 0 Å². The maximum Gasteiger partial charge on any atom is 0.268 e. The average Bonchev–Trinajstić information content (AvgIpc) is 3.75. The van der Waals surface area contributed by atoms with Crippen LogP contribution in [0.5, 0.6) is 23.0 Å². The van der Waals surface area contributed by atoms with Crippen LogP contribution in [-0.4, -0.2) is 89.2 Å². The minimum atomic E-state index is -3.74. The highest BCUT2D eigenvalue weighted by Gasteiger charge is 2.25. The summed E-state index contributed by atoms with van der Waals surface area (Å²) in [6.45, 7) is 1.04. The highest BCUT2D eigenvalue weighted by Crippen LogP contribution is 2.40. The molecule has 0 aliphatic rings. The van der Waals surface area contributed by atoms with E-state index < -0.39 is 20.0 Å². The Balaban J connectivity index is 0.000000198. The number of hydrogen-bond donors (Lipinski definition) is 1. The Morgan fingerprint density at radius 3 is 1.41 bits per heavy atom. The summed E-state index contributed by atoms with van der Waals surface area (Å²) in [7, 11) is 4.78. The van der Waals surface area contributed by atoms with Crippen LogP contribution in [0.3, 0.4) is 0 Å². The lowest BCUT2D eigenvalue weighted by Gasteiger charge is -2.18. The molecule has 2 aromatic heterocycles. The molecule has 0 aliphatic carbocycles. The van der Waals surface area contributed by atoms with E-state index >= 15 is 0 Å². The molecule has 0 bridgehead atoms. The van der Waals surface area contributed by atoms with Crippen molar-refractivity contribution in [3.8, 4) is 23.0 Å². The Morgan fingerprint density at radius 1 is 0.588 bits per heavy atom. The molecule has 0 spiro atoms. The van der Waals surface area contributed by atoms with Gasteiger partial charge in [0.25, 0.3) is 20.0 Å². The average molecular weight is 735 g/mol. The van der Waals surface area contributed by atoms with E-state index in [1.54, 1.807) is 105 Å². The predicted molar refractivity (Wildman–Crippen MR) is 198 cm³/mol. The van der Waals surface area contributed by atoms with Gasteiger partial charge in [-0.3, -0.25) is 0 Å². The first kappa shape index (κ1) is 37.2. The van der Waals surface area contributed by atoms with Gasteiger partial charge in [0.05, 0.1) is 42.2 Å². The third kappa shape index (κ3) is 7.26. The van der Waals surface area contributed by atoms with Crippen molar-refractivity contribution in [1.82, 2.24) is 17.7 Å². The Morgan fingerprint density at radius 2 is 1.00 bits per heavy atom. The molecule has 0 aliphatic heterocycles. The third-order valence-corrected chi connectivity index (χ3v) is 11.6. The van der Waals surface area contributed by atoms with E-state index in [-0.39, 0.29) is 21.3 Å². The van der Waals surface area contributed by atoms with Gasteiger partial charge < -0.3 is 29.1 Å². The van der Waals surface area contributed by atoms with Crippen molar-refractivity contribution in [3.05, 3.63) is 108 Å². The fourth-order valence-corrected chi connectivity index (χ4v) is 8.61. The van der Waals surface area contributed by atoms with Gasteiger partial charge in [0.15, 0.2) is 23.0 Å². The summed E-state index contributed by atoms with van der Waals surface area (Å²) in [5, 5.41) is 11.9. The maximum absolute atomic E-state index is 13.1. The number of fused-ring (bicyclic) bond motifs is 2. The van der Waals surface area contributed by atoms with Gasteiger partial charge in [-0.2, -0.15) is 0 Å². The van der Waals surface area contributed by atoms with Crippen LogP contribution in [0.25, 0.3) is 21.8 Å². The standard InChI is InChI=1S/C19H22N2O4S.C18H20N2O4S/c1-20(2)13-16-15-10-11-21(17(15)12-18(24-3)19(16)25-4)26(22,23)14-8-6-5-7-9-14;1-19(2)12-15-14-9-10-20(16(14)11-17(24-3)18(15)21)25(22,23)13-7-5-4-6-8-13/h5-12H,13H2,1-4H3;4-11,21H,12H2,1-3H3. The molecule has 4 aromatic carbocycles. The smallest absolute Gasteiger partial charge is 0.268 e. The molecule has 12 nitrogen and oxygen atoms in total. The van der Waals surface area contributed by atoms with Gasteiger partial charge in [0.2, 0.25) is 0 Å². The largest absolute Gasteiger partial charge is 0.504 e. The molecule has 0 amide bonds. The zero-order valence-corrected chi connectivity index (χ0v) is 31.2. The molecule has 270 valence electrons. The second kappa shape index (κ2) is 15.1. The van der Waals surface area contributed by atoms with E-state index in [0.29, 0.717) is 46.6 Å². The molecule has 0 atom stereocenters. The van der Waals surface area contributed by atoms with Crippen molar-refractivity contribution in [3.63, 3.8) is 0 Å². The molecule has 0 saturated carbocycles. The SMILES string of the molecule is COc1cc2c(ccn2S(=O)(=O)c2ccccc2)c(CN(C)C)c1O.COc1cc2c(ccn2S(=O)(=O)c2ccccc2)c(CN(C)C)c1OC. The number of ether oxygens (including phenoxy) is 3. The van der Waals surface area contributed by atoms with Gasteiger partial charge in [0.1, 0.15) is 0 Å². The van der Waals surface area contributed by atoms with Crippen molar-refractivity contribution in [1.29, 1.82) is 0 Å². The highest BCUT2D eigenvalue weighted by molar-refractivity contribution is 7.90. The van der Waals surface area contributed by atoms with E-state index in [9.17, 15) is 21.9 Å². The Bertz CT molecular complexity index is 2370. The van der Waals surface area contributed by atoms with Crippen LogP contribution in [0.4, 0.5) is 0 Å². The van der Waals surface area contributed by atoms with Crippen LogP contribution >= 0.6 is 0 Å².